The molecule has 3 heteroatoms. The first-order valence-corrected chi connectivity index (χ1v) is 6.23. The summed E-state index contributed by atoms with van der Waals surface area (Å²) in [6, 6.07) is 19.2. The van der Waals surface area contributed by atoms with Gasteiger partial charge in [-0.2, -0.15) is 0 Å². The van der Waals surface area contributed by atoms with Gasteiger partial charge in [-0.15, -0.1) is 0 Å². The topological polar surface area (TPSA) is 46.5 Å². The Balaban J connectivity index is 1.94. The first kappa shape index (κ1) is 12.2. The van der Waals surface area contributed by atoms with E-state index in [1.54, 1.807) is 54.6 Å². The Hall–Kier alpha value is -2.81. The number of esters is 1. The van der Waals surface area contributed by atoms with Crippen molar-refractivity contribution in [3.8, 4) is 11.5 Å². The fraction of sp³-hybridized carbons (Fsp3) is 0. The van der Waals surface area contributed by atoms with Gasteiger partial charge in [-0.25, -0.2) is 4.79 Å². The fourth-order valence-corrected chi connectivity index (χ4v) is 2.04. The maximum Gasteiger partial charge on any atom is 0.343 e. The fourth-order valence-electron chi connectivity index (χ4n) is 2.04. The van der Waals surface area contributed by atoms with Crippen LogP contribution in [0.3, 0.4) is 0 Å². The monoisotopic (exact) mass is 264 g/mol. The lowest BCUT2D eigenvalue weighted by Crippen LogP contribution is -2.08. The third kappa shape index (κ3) is 2.34. The second-order valence-electron chi connectivity index (χ2n) is 4.42. The lowest BCUT2D eigenvalue weighted by Gasteiger charge is -2.06. The largest absolute Gasteiger partial charge is 0.507 e. The van der Waals surface area contributed by atoms with Crippen LogP contribution in [0.4, 0.5) is 0 Å². The van der Waals surface area contributed by atoms with Crippen LogP contribution in [0.1, 0.15) is 10.4 Å². The van der Waals surface area contributed by atoms with Gasteiger partial charge in [0.25, 0.3) is 0 Å². The maximum absolute atomic E-state index is 12.1. The summed E-state index contributed by atoms with van der Waals surface area (Å²) in [6.07, 6.45) is 0. The minimum Gasteiger partial charge on any atom is -0.507 e. The molecule has 0 aliphatic heterocycles. The van der Waals surface area contributed by atoms with Gasteiger partial charge in [0, 0.05) is 5.39 Å². The normalized spacial score (nSPS) is 10.4. The summed E-state index contributed by atoms with van der Waals surface area (Å²) in [7, 11) is 0. The molecule has 0 atom stereocenters. The van der Waals surface area contributed by atoms with E-state index in [9.17, 15) is 9.90 Å². The number of hydrogen-bond acceptors (Lipinski definition) is 3. The van der Waals surface area contributed by atoms with Crippen molar-refractivity contribution >= 4 is 16.7 Å². The number of phenolic OH excluding ortho intramolecular Hbond substituents is 1. The molecule has 1 N–H and O–H groups in total. The van der Waals surface area contributed by atoms with Gasteiger partial charge >= 0.3 is 5.97 Å². The van der Waals surface area contributed by atoms with Crippen molar-refractivity contribution < 1.29 is 14.6 Å². The van der Waals surface area contributed by atoms with Crippen LogP contribution in [-0.2, 0) is 0 Å². The molecule has 0 fully saturated rings. The van der Waals surface area contributed by atoms with E-state index < -0.39 is 5.97 Å². The smallest absolute Gasteiger partial charge is 0.343 e. The number of ether oxygens (including phenoxy) is 1. The van der Waals surface area contributed by atoms with Crippen LogP contribution in [0, 0.1) is 0 Å². The van der Waals surface area contributed by atoms with Gasteiger partial charge in [0.2, 0.25) is 0 Å². The molecule has 3 nitrogen and oxygen atoms in total. The SMILES string of the molecule is O=C(Oc1ccccc1)c1ccc2cccc(O)c2c1. The predicted octanol–water partition coefficient (Wildman–Crippen LogP) is 3.76. The third-order valence-electron chi connectivity index (χ3n) is 3.05. The highest BCUT2D eigenvalue weighted by molar-refractivity contribution is 5.98. The van der Waals surface area contributed by atoms with Crippen LogP contribution in [0.25, 0.3) is 10.8 Å². The second kappa shape index (κ2) is 5.05. The van der Waals surface area contributed by atoms with Crippen molar-refractivity contribution in [3.63, 3.8) is 0 Å². The van der Waals surface area contributed by atoms with Crippen molar-refractivity contribution in [1.29, 1.82) is 0 Å². The van der Waals surface area contributed by atoms with Gasteiger partial charge in [0.15, 0.2) is 0 Å². The van der Waals surface area contributed by atoms with Gasteiger partial charge in [0.05, 0.1) is 5.56 Å². The highest BCUT2D eigenvalue weighted by Crippen LogP contribution is 2.25. The zero-order valence-corrected chi connectivity index (χ0v) is 10.6. The molecule has 98 valence electrons. The lowest BCUT2D eigenvalue weighted by atomic mass is 10.1. The van der Waals surface area contributed by atoms with Crippen molar-refractivity contribution in [2.24, 2.45) is 0 Å². The minimum absolute atomic E-state index is 0.150. The predicted molar refractivity (Wildman–Crippen MR) is 77.0 cm³/mol. The van der Waals surface area contributed by atoms with E-state index in [4.69, 9.17) is 4.74 Å². The van der Waals surface area contributed by atoms with E-state index in [0.717, 1.165) is 5.39 Å². The minimum atomic E-state index is -0.443. The van der Waals surface area contributed by atoms with Crippen LogP contribution in [0.15, 0.2) is 66.7 Å². The molecule has 0 saturated carbocycles. The van der Waals surface area contributed by atoms with Crippen molar-refractivity contribution in [2.45, 2.75) is 0 Å². The van der Waals surface area contributed by atoms with Crippen molar-refractivity contribution in [3.05, 3.63) is 72.3 Å². The van der Waals surface area contributed by atoms with Gasteiger partial charge in [0.1, 0.15) is 11.5 Å². The molecule has 0 saturated heterocycles. The Kier molecular flexibility index (Phi) is 3.09. The Morgan fingerprint density at radius 3 is 2.50 bits per heavy atom. The first-order valence-electron chi connectivity index (χ1n) is 6.23. The Morgan fingerprint density at radius 1 is 0.900 bits per heavy atom. The maximum atomic E-state index is 12.1. The molecule has 0 aliphatic carbocycles. The average molecular weight is 264 g/mol. The molecule has 0 spiro atoms. The number of carbonyl (C=O) groups is 1. The van der Waals surface area contributed by atoms with Crippen LogP contribution in [0.2, 0.25) is 0 Å². The van der Waals surface area contributed by atoms with Crippen molar-refractivity contribution in [2.75, 3.05) is 0 Å². The van der Waals surface area contributed by atoms with Crippen molar-refractivity contribution in [1.82, 2.24) is 0 Å². The van der Waals surface area contributed by atoms with E-state index >= 15 is 0 Å². The zero-order valence-electron chi connectivity index (χ0n) is 10.6. The molecular formula is C17H12O3. The second-order valence-corrected chi connectivity index (χ2v) is 4.42. The molecule has 3 aromatic carbocycles. The summed E-state index contributed by atoms with van der Waals surface area (Å²) in [5.41, 5.74) is 0.405. The van der Waals surface area contributed by atoms with E-state index in [1.165, 1.54) is 0 Å². The van der Waals surface area contributed by atoms with E-state index in [1.807, 2.05) is 12.1 Å². The van der Waals surface area contributed by atoms with Crippen LogP contribution in [-0.4, -0.2) is 11.1 Å². The summed E-state index contributed by atoms with van der Waals surface area (Å²) >= 11 is 0. The number of phenols is 1. The molecule has 3 rings (SSSR count). The average Bonchev–Trinajstić information content (AvgIpc) is 2.48. The molecule has 20 heavy (non-hydrogen) atoms. The molecular weight excluding hydrogens is 252 g/mol. The Bertz CT molecular complexity index is 764. The summed E-state index contributed by atoms with van der Waals surface area (Å²) in [6.45, 7) is 0. The number of hydrogen-bond donors (Lipinski definition) is 1. The molecule has 0 aliphatic rings. The van der Waals surface area contributed by atoms with Crippen LogP contribution < -0.4 is 4.74 Å². The van der Waals surface area contributed by atoms with E-state index in [2.05, 4.69) is 0 Å². The van der Waals surface area contributed by atoms with Gasteiger partial charge < -0.3 is 9.84 Å². The highest BCUT2D eigenvalue weighted by Gasteiger charge is 2.10. The standard InChI is InChI=1S/C17H12O3/c18-16-8-4-5-12-9-10-13(11-15(12)16)17(19)20-14-6-2-1-3-7-14/h1-11,18H. The molecule has 0 aromatic heterocycles. The highest BCUT2D eigenvalue weighted by atomic mass is 16.5. The molecule has 0 heterocycles. The molecule has 0 unspecified atom stereocenters. The Labute approximate surface area is 116 Å². The molecule has 0 bridgehead atoms. The van der Waals surface area contributed by atoms with Gasteiger partial charge in [-0.05, 0) is 35.7 Å². The summed E-state index contributed by atoms with van der Waals surface area (Å²) < 4.78 is 5.27. The lowest BCUT2D eigenvalue weighted by molar-refractivity contribution is 0.0735. The first-order chi connectivity index (χ1) is 9.74. The number of fused-ring (bicyclic) bond motifs is 1. The van der Waals surface area contributed by atoms with E-state index in [0.29, 0.717) is 16.7 Å². The zero-order chi connectivity index (χ0) is 13.9. The summed E-state index contributed by atoms with van der Waals surface area (Å²) in [5.74, 6) is 0.202. The summed E-state index contributed by atoms with van der Waals surface area (Å²) in [5, 5.41) is 11.3. The number of rotatable bonds is 2. The van der Waals surface area contributed by atoms with Gasteiger partial charge in [-0.1, -0.05) is 36.4 Å². The number of benzene rings is 3. The molecule has 0 amide bonds. The third-order valence-corrected chi connectivity index (χ3v) is 3.05. The number of aromatic hydroxyl groups is 1. The number of carbonyl (C=O) groups excluding carboxylic acids is 1. The molecule has 0 radical (unpaired) electrons. The Morgan fingerprint density at radius 2 is 1.70 bits per heavy atom. The van der Waals surface area contributed by atoms with E-state index in [-0.39, 0.29) is 5.75 Å². The van der Waals surface area contributed by atoms with Crippen LogP contribution >= 0.6 is 0 Å². The summed E-state index contributed by atoms with van der Waals surface area (Å²) in [4.78, 5) is 12.1. The molecule has 3 aromatic rings. The quantitative estimate of drug-likeness (QED) is 0.566. The van der Waals surface area contributed by atoms with Crippen LogP contribution in [0.5, 0.6) is 11.5 Å². The van der Waals surface area contributed by atoms with Gasteiger partial charge in [-0.3, -0.25) is 0 Å². The number of para-hydroxylation sites is 1.